The molecular formula is C13H21N3O2. The Morgan fingerprint density at radius 1 is 1.56 bits per heavy atom. The molecule has 1 atom stereocenters. The number of carbonyl (C=O) groups is 1. The average Bonchev–Trinajstić information content (AvgIpc) is 2.39. The Kier molecular flexibility index (Phi) is 6.14. The Balaban J connectivity index is 2.30. The van der Waals surface area contributed by atoms with E-state index in [1.807, 2.05) is 25.3 Å². The van der Waals surface area contributed by atoms with Gasteiger partial charge in [-0.05, 0) is 18.9 Å². The van der Waals surface area contributed by atoms with Gasteiger partial charge in [0.25, 0.3) is 0 Å². The number of hydrogen-bond donors (Lipinski definition) is 2. The third-order valence-corrected chi connectivity index (χ3v) is 2.59. The molecule has 0 aliphatic rings. The van der Waals surface area contributed by atoms with E-state index in [1.165, 1.54) is 5.56 Å². The molecule has 1 amide bonds. The van der Waals surface area contributed by atoms with Gasteiger partial charge in [-0.1, -0.05) is 13.0 Å². The Labute approximate surface area is 108 Å². The van der Waals surface area contributed by atoms with Crippen molar-refractivity contribution >= 4 is 5.91 Å². The van der Waals surface area contributed by atoms with Gasteiger partial charge in [-0.25, -0.2) is 4.98 Å². The van der Waals surface area contributed by atoms with Crippen molar-refractivity contribution in [2.75, 3.05) is 13.1 Å². The number of aryl methyl sites for hydroxylation is 1. The molecule has 0 fully saturated rings. The van der Waals surface area contributed by atoms with Crippen LogP contribution in [0.5, 0.6) is 5.88 Å². The van der Waals surface area contributed by atoms with Crippen molar-refractivity contribution in [2.45, 2.75) is 32.8 Å². The molecule has 0 saturated heterocycles. The number of hydrogen-bond acceptors (Lipinski definition) is 4. The molecule has 1 heterocycles. The van der Waals surface area contributed by atoms with Gasteiger partial charge in [-0.2, -0.15) is 0 Å². The van der Waals surface area contributed by atoms with E-state index in [4.69, 9.17) is 10.5 Å². The zero-order valence-electron chi connectivity index (χ0n) is 11.0. The predicted molar refractivity (Wildman–Crippen MR) is 70.4 cm³/mol. The molecule has 0 aromatic carbocycles. The normalized spacial score (nSPS) is 11.9. The number of nitrogens with two attached hydrogens (primary N) is 1. The lowest BCUT2D eigenvalue weighted by Gasteiger charge is -2.14. The lowest BCUT2D eigenvalue weighted by Crippen LogP contribution is -2.32. The SMILES string of the molecule is CCc1ccc(OC(C)CCNC(=O)CN)nc1. The second kappa shape index (κ2) is 7.66. The number of nitrogens with one attached hydrogen (secondary N) is 1. The first-order chi connectivity index (χ1) is 8.65. The average molecular weight is 251 g/mol. The van der Waals surface area contributed by atoms with Crippen LogP contribution in [-0.2, 0) is 11.2 Å². The number of amides is 1. The second-order valence-electron chi connectivity index (χ2n) is 4.13. The molecule has 0 saturated carbocycles. The Morgan fingerprint density at radius 3 is 2.89 bits per heavy atom. The molecule has 0 bridgehead atoms. The molecule has 0 spiro atoms. The first-order valence-electron chi connectivity index (χ1n) is 6.24. The standard InChI is InChI=1S/C13H21N3O2/c1-3-11-4-5-13(16-9-11)18-10(2)6-7-15-12(17)8-14/h4-5,9-10H,3,6-8,14H2,1-2H3,(H,15,17). The third-order valence-electron chi connectivity index (χ3n) is 2.59. The first kappa shape index (κ1) is 14.4. The fourth-order valence-electron chi connectivity index (χ4n) is 1.44. The van der Waals surface area contributed by atoms with Crippen LogP contribution in [0.4, 0.5) is 0 Å². The smallest absolute Gasteiger partial charge is 0.233 e. The Morgan fingerprint density at radius 2 is 2.33 bits per heavy atom. The molecule has 0 radical (unpaired) electrons. The van der Waals surface area contributed by atoms with Crippen LogP contribution in [0.25, 0.3) is 0 Å². The van der Waals surface area contributed by atoms with E-state index in [1.54, 1.807) is 0 Å². The molecule has 1 aromatic heterocycles. The van der Waals surface area contributed by atoms with Crippen molar-refractivity contribution in [1.29, 1.82) is 0 Å². The van der Waals surface area contributed by atoms with Crippen molar-refractivity contribution in [3.63, 3.8) is 0 Å². The molecule has 5 nitrogen and oxygen atoms in total. The van der Waals surface area contributed by atoms with Crippen LogP contribution in [0.2, 0.25) is 0 Å². The number of aromatic nitrogens is 1. The lowest BCUT2D eigenvalue weighted by molar-refractivity contribution is -0.119. The van der Waals surface area contributed by atoms with Crippen molar-refractivity contribution in [3.05, 3.63) is 23.9 Å². The Hall–Kier alpha value is -1.62. The summed E-state index contributed by atoms with van der Waals surface area (Å²) < 4.78 is 5.64. The summed E-state index contributed by atoms with van der Waals surface area (Å²) in [6.45, 7) is 4.61. The van der Waals surface area contributed by atoms with Crippen molar-refractivity contribution in [3.8, 4) is 5.88 Å². The maximum atomic E-state index is 10.9. The van der Waals surface area contributed by atoms with Crippen LogP contribution in [-0.4, -0.2) is 30.1 Å². The van der Waals surface area contributed by atoms with E-state index in [-0.39, 0.29) is 18.6 Å². The highest BCUT2D eigenvalue weighted by molar-refractivity contribution is 5.77. The van der Waals surface area contributed by atoms with Crippen molar-refractivity contribution in [1.82, 2.24) is 10.3 Å². The van der Waals surface area contributed by atoms with Crippen molar-refractivity contribution in [2.24, 2.45) is 5.73 Å². The molecule has 1 aromatic rings. The summed E-state index contributed by atoms with van der Waals surface area (Å²) in [5, 5.41) is 2.70. The van der Waals surface area contributed by atoms with Gasteiger partial charge in [-0.3, -0.25) is 4.79 Å². The molecule has 0 aliphatic carbocycles. The molecular weight excluding hydrogens is 230 g/mol. The highest BCUT2D eigenvalue weighted by Crippen LogP contribution is 2.10. The quantitative estimate of drug-likeness (QED) is 0.754. The maximum Gasteiger partial charge on any atom is 0.233 e. The van der Waals surface area contributed by atoms with Crippen molar-refractivity contribution < 1.29 is 9.53 Å². The predicted octanol–water partition coefficient (Wildman–Crippen LogP) is 0.876. The van der Waals surface area contributed by atoms with E-state index < -0.39 is 0 Å². The summed E-state index contributed by atoms with van der Waals surface area (Å²) in [5.41, 5.74) is 6.37. The van der Waals surface area contributed by atoms with Gasteiger partial charge < -0.3 is 15.8 Å². The first-order valence-corrected chi connectivity index (χ1v) is 6.24. The van der Waals surface area contributed by atoms with E-state index in [0.717, 1.165) is 12.8 Å². The zero-order valence-corrected chi connectivity index (χ0v) is 11.0. The number of nitrogens with zero attached hydrogens (tertiary/aromatic N) is 1. The van der Waals surface area contributed by atoms with Crippen LogP contribution < -0.4 is 15.8 Å². The summed E-state index contributed by atoms with van der Waals surface area (Å²) >= 11 is 0. The van der Waals surface area contributed by atoms with E-state index in [0.29, 0.717) is 12.4 Å². The number of carbonyl (C=O) groups excluding carboxylic acids is 1. The van der Waals surface area contributed by atoms with Gasteiger partial charge in [0.2, 0.25) is 11.8 Å². The summed E-state index contributed by atoms with van der Waals surface area (Å²) in [7, 11) is 0. The number of rotatable bonds is 7. The summed E-state index contributed by atoms with van der Waals surface area (Å²) in [6, 6.07) is 3.87. The summed E-state index contributed by atoms with van der Waals surface area (Å²) in [4.78, 5) is 15.2. The van der Waals surface area contributed by atoms with Gasteiger partial charge in [0.15, 0.2) is 0 Å². The molecule has 1 rings (SSSR count). The van der Waals surface area contributed by atoms with Crippen LogP contribution >= 0.6 is 0 Å². The summed E-state index contributed by atoms with van der Waals surface area (Å²) in [5.74, 6) is 0.470. The molecule has 18 heavy (non-hydrogen) atoms. The fraction of sp³-hybridized carbons (Fsp3) is 0.538. The van der Waals surface area contributed by atoms with Gasteiger partial charge >= 0.3 is 0 Å². The topological polar surface area (TPSA) is 77.2 Å². The van der Waals surface area contributed by atoms with Crippen LogP contribution in [0.3, 0.4) is 0 Å². The van der Waals surface area contributed by atoms with E-state index in [2.05, 4.69) is 17.2 Å². The number of ether oxygens (including phenoxy) is 1. The number of pyridine rings is 1. The van der Waals surface area contributed by atoms with Gasteiger partial charge in [-0.15, -0.1) is 0 Å². The Bertz CT molecular complexity index is 365. The van der Waals surface area contributed by atoms with Gasteiger partial charge in [0.1, 0.15) is 0 Å². The highest BCUT2D eigenvalue weighted by atomic mass is 16.5. The van der Waals surface area contributed by atoms with Crippen LogP contribution in [0, 0.1) is 0 Å². The minimum absolute atomic E-state index is 0.00283. The largest absolute Gasteiger partial charge is 0.475 e. The second-order valence-corrected chi connectivity index (χ2v) is 4.13. The molecule has 1 unspecified atom stereocenters. The van der Waals surface area contributed by atoms with Gasteiger partial charge in [0, 0.05) is 25.2 Å². The van der Waals surface area contributed by atoms with E-state index in [9.17, 15) is 4.79 Å². The highest BCUT2D eigenvalue weighted by Gasteiger charge is 2.05. The minimum atomic E-state index is -0.146. The fourth-order valence-corrected chi connectivity index (χ4v) is 1.44. The monoisotopic (exact) mass is 251 g/mol. The molecule has 100 valence electrons. The molecule has 3 N–H and O–H groups in total. The van der Waals surface area contributed by atoms with Crippen LogP contribution in [0.15, 0.2) is 18.3 Å². The zero-order chi connectivity index (χ0) is 13.4. The lowest BCUT2D eigenvalue weighted by atomic mass is 10.2. The molecule has 0 aliphatic heterocycles. The summed E-state index contributed by atoms with van der Waals surface area (Å²) in [6.07, 6.45) is 3.51. The minimum Gasteiger partial charge on any atom is -0.475 e. The van der Waals surface area contributed by atoms with E-state index >= 15 is 0 Å². The maximum absolute atomic E-state index is 10.9. The van der Waals surface area contributed by atoms with Gasteiger partial charge in [0.05, 0.1) is 12.6 Å². The third kappa shape index (κ3) is 5.14. The van der Waals surface area contributed by atoms with Crippen LogP contribution in [0.1, 0.15) is 25.8 Å². The molecule has 5 heteroatoms.